The summed E-state index contributed by atoms with van der Waals surface area (Å²) in [6.07, 6.45) is -1.04. The van der Waals surface area contributed by atoms with Crippen LogP contribution in [0.3, 0.4) is 0 Å². The van der Waals surface area contributed by atoms with Crippen LogP contribution in [0, 0.1) is 0 Å². The molecule has 0 aromatic carbocycles. The molecule has 19 heavy (non-hydrogen) atoms. The SMILES string of the molecule is FC(F)(F)COCCOC1CCC2(CC1)OCCO2. The van der Waals surface area contributed by atoms with Crippen LogP contribution in [-0.2, 0) is 18.9 Å². The number of hydrogen-bond donors (Lipinski definition) is 0. The van der Waals surface area contributed by atoms with Crippen molar-refractivity contribution in [3.8, 4) is 0 Å². The monoisotopic (exact) mass is 284 g/mol. The molecule has 2 aliphatic rings. The van der Waals surface area contributed by atoms with E-state index in [1.54, 1.807) is 0 Å². The molecule has 0 amide bonds. The molecular formula is C12H19F3O4. The average Bonchev–Trinajstić information content (AvgIpc) is 2.79. The molecule has 1 saturated carbocycles. The topological polar surface area (TPSA) is 36.9 Å². The van der Waals surface area contributed by atoms with E-state index in [-0.39, 0.29) is 19.3 Å². The maximum atomic E-state index is 11.8. The highest BCUT2D eigenvalue weighted by molar-refractivity contribution is 4.82. The third kappa shape index (κ3) is 4.91. The van der Waals surface area contributed by atoms with E-state index in [4.69, 9.17) is 14.2 Å². The quantitative estimate of drug-likeness (QED) is 0.726. The Labute approximate surface area is 110 Å². The van der Waals surface area contributed by atoms with Crippen molar-refractivity contribution in [1.29, 1.82) is 0 Å². The standard InChI is InChI=1S/C12H19F3O4/c13-12(14,15)9-16-5-6-17-10-1-3-11(4-2-10)18-7-8-19-11/h10H,1-9H2. The van der Waals surface area contributed by atoms with Gasteiger partial charge in [0.15, 0.2) is 5.79 Å². The van der Waals surface area contributed by atoms with Gasteiger partial charge in [0.2, 0.25) is 0 Å². The minimum atomic E-state index is -4.27. The van der Waals surface area contributed by atoms with E-state index in [0.29, 0.717) is 13.2 Å². The number of rotatable bonds is 5. The number of halogens is 3. The van der Waals surface area contributed by atoms with Crippen molar-refractivity contribution in [2.75, 3.05) is 33.0 Å². The second-order valence-electron chi connectivity index (χ2n) is 4.85. The lowest BCUT2D eigenvalue weighted by Gasteiger charge is -2.35. The molecule has 1 saturated heterocycles. The normalized spacial score (nSPS) is 24.2. The zero-order valence-electron chi connectivity index (χ0n) is 10.7. The maximum absolute atomic E-state index is 11.8. The Kier molecular flexibility index (Phi) is 5.05. The summed E-state index contributed by atoms with van der Waals surface area (Å²) in [5.74, 6) is -0.424. The first-order valence-corrected chi connectivity index (χ1v) is 6.53. The van der Waals surface area contributed by atoms with Crippen LogP contribution in [0.1, 0.15) is 25.7 Å². The summed E-state index contributed by atoms with van der Waals surface area (Å²) in [6.45, 7) is 0.211. The largest absolute Gasteiger partial charge is 0.411 e. The molecule has 1 heterocycles. The van der Waals surface area contributed by atoms with Crippen molar-refractivity contribution in [3.05, 3.63) is 0 Å². The molecule has 0 bridgehead atoms. The fraction of sp³-hybridized carbons (Fsp3) is 1.00. The van der Waals surface area contributed by atoms with Crippen molar-refractivity contribution in [2.45, 2.75) is 43.8 Å². The van der Waals surface area contributed by atoms with Gasteiger partial charge in [-0.15, -0.1) is 0 Å². The van der Waals surface area contributed by atoms with E-state index in [1.807, 2.05) is 0 Å². The van der Waals surface area contributed by atoms with Crippen LogP contribution in [0.15, 0.2) is 0 Å². The third-order valence-electron chi connectivity index (χ3n) is 3.35. The van der Waals surface area contributed by atoms with Crippen LogP contribution in [0.5, 0.6) is 0 Å². The molecule has 0 aromatic rings. The summed E-state index contributed by atoms with van der Waals surface area (Å²) in [5, 5.41) is 0. The first-order chi connectivity index (χ1) is 8.99. The minimum absolute atomic E-state index is 0.0336. The molecule has 0 radical (unpaired) electrons. The Hall–Kier alpha value is -0.370. The fourth-order valence-corrected chi connectivity index (χ4v) is 2.45. The zero-order valence-corrected chi connectivity index (χ0v) is 10.7. The lowest BCUT2D eigenvalue weighted by atomic mass is 9.92. The summed E-state index contributed by atoms with van der Waals surface area (Å²) in [5.41, 5.74) is 0. The van der Waals surface area contributed by atoms with Gasteiger partial charge in [-0.05, 0) is 12.8 Å². The van der Waals surface area contributed by atoms with E-state index in [1.165, 1.54) is 0 Å². The smallest absolute Gasteiger partial charge is 0.376 e. The van der Waals surface area contributed by atoms with Gasteiger partial charge in [-0.1, -0.05) is 0 Å². The highest BCUT2D eigenvalue weighted by Gasteiger charge is 2.40. The molecule has 4 nitrogen and oxygen atoms in total. The van der Waals surface area contributed by atoms with Gasteiger partial charge in [0.1, 0.15) is 6.61 Å². The van der Waals surface area contributed by atoms with Crippen LogP contribution in [0.2, 0.25) is 0 Å². The van der Waals surface area contributed by atoms with Gasteiger partial charge < -0.3 is 18.9 Å². The summed E-state index contributed by atoms with van der Waals surface area (Å²) < 4.78 is 56.6. The van der Waals surface area contributed by atoms with Gasteiger partial charge in [-0.3, -0.25) is 0 Å². The number of ether oxygens (including phenoxy) is 4. The van der Waals surface area contributed by atoms with Gasteiger partial charge in [0.05, 0.1) is 32.5 Å². The fourth-order valence-electron chi connectivity index (χ4n) is 2.45. The molecule has 1 aliphatic heterocycles. The second-order valence-corrected chi connectivity index (χ2v) is 4.85. The average molecular weight is 284 g/mol. The summed E-state index contributed by atoms with van der Waals surface area (Å²) in [6, 6.07) is 0. The second kappa shape index (κ2) is 6.39. The van der Waals surface area contributed by atoms with Gasteiger partial charge in [0, 0.05) is 12.8 Å². The highest BCUT2D eigenvalue weighted by Crippen LogP contribution is 2.36. The van der Waals surface area contributed by atoms with Crippen LogP contribution in [-0.4, -0.2) is 51.1 Å². The van der Waals surface area contributed by atoms with Crippen molar-refractivity contribution in [3.63, 3.8) is 0 Å². The first-order valence-electron chi connectivity index (χ1n) is 6.53. The minimum Gasteiger partial charge on any atom is -0.376 e. The van der Waals surface area contributed by atoms with E-state index >= 15 is 0 Å². The number of hydrogen-bond acceptors (Lipinski definition) is 4. The molecule has 1 aliphatic carbocycles. The van der Waals surface area contributed by atoms with Crippen molar-refractivity contribution < 1.29 is 32.1 Å². The van der Waals surface area contributed by atoms with E-state index in [9.17, 15) is 13.2 Å². The predicted octanol–water partition coefficient (Wildman–Crippen LogP) is 2.27. The maximum Gasteiger partial charge on any atom is 0.411 e. The third-order valence-corrected chi connectivity index (χ3v) is 3.35. The summed E-state index contributed by atoms with van der Waals surface area (Å²) in [7, 11) is 0. The molecule has 2 fully saturated rings. The van der Waals surface area contributed by atoms with Gasteiger partial charge in [0.25, 0.3) is 0 Å². The first kappa shape index (κ1) is 15.0. The predicted molar refractivity (Wildman–Crippen MR) is 59.7 cm³/mol. The van der Waals surface area contributed by atoms with Crippen LogP contribution in [0.25, 0.3) is 0 Å². The van der Waals surface area contributed by atoms with Crippen molar-refractivity contribution >= 4 is 0 Å². The Morgan fingerprint density at radius 2 is 1.68 bits per heavy atom. The molecule has 2 rings (SSSR count). The Morgan fingerprint density at radius 1 is 1.05 bits per heavy atom. The van der Waals surface area contributed by atoms with Crippen LogP contribution in [0.4, 0.5) is 13.2 Å². The Bertz CT molecular complexity index is 267. The molecule has 0 aromatic heterocycles. The van der Waals surface area contributed by atoms with E-state index < -0.39 is 18.6 Å². The van der Waals surface area contributed by atoms with Crippen molar-refractivity contribution in [1.82, 2.24) is 0 Å². The molecule has 0 N–H and O–H groups in total. The van der Waals surface area contributed by atoms with Crippen LogP contribution >= 0.6 is 0 Å². The summed E-state index contributed by atoms with van der Waals surface area (Å²) in [4.78, 5) is 0. The van der Waals surface area contributed by atoms with Crippen LogP contribution < -0.4 is 0 Å². The van der Waals surface area contributed by atoms with Crippen molar-refractivity contribution in [2.24, 2.45) is 0 Å². The van der Waals surface area contributed by atoms with E-state index in [2.05, 4.69) is 4.74 Å². The Morgan fingerprint density at radius 3 is 2.26 bits per heavy atom. The van der Waals surface area contributed by atoms with Gasteiger partial charge >= 0.3 is 6.18 Å². The summed E-state index contributed by atoms with van der Waals surface area (Å²) >= 11 is 0. The molecule has 0 unspecified atom stereocenters. The van der Waals surface area contributed by atoms with Gasteiger partial charge in [-0.2, -0.15) is 13.2 Å². The van der Waals surface area contributed by atoms with E-state index in [0.717, 1.165) is 25.7 Å². The lowest BCUT2D eigenvalue weighted by Crippen LogP contribution is -2.37. The lowest BCUT2D eigenvalue weighted by molar-refractivity contribution is -0.196. The zero-order chi connectivity index (χ0) is 13.8. The molecule has 112 valence electrons. The Balaban J connectivity index is 1.54. The molecule has 1 spiro atoms. The molecule has 0 atom stereocenters. The highest BCUT2D eigenvalue weighted by atomic mass is 19.4. The molecule has 7 heteroatoms. The number of alkyl halides is 3. The molecular weight excluding hydrogens is 265 g/mol. The van der Waals surface area contributed by atoms with Gasteiger partial charge in [-0.25, -0.2) is 0 Å².